The highest BCUT2D eigenvalue weighted by Gasteiger charge is 2.24. The number of aliphatic carboxylic acids is 1. The Bertz CT molecular complexity index is 376. The Morgan fingerprint density at radius 1 is 1.59 bits per heavy atom. The molecule has 0 fully saturated rings. The van der Waals surface area contributed by atoms with Gasteiger partial charge in [0.1, 0.15) is 0 Å². The molecule has 17 heavy (non-hydrogen) atoms. The molecule has 0 aliphatic carbocycles. The van der Waals surface area contributed by atoms with E-state index in [4.69, 9.17) is 10.2 Å². The van der Waals surface area contributed by atoms with E-state index in [2.05, 4.69) is 20.8 Å². The molecular weight excluding hydrogens is 228 g/mol. The maximum Gasteiger partial charge on any atom is 0.328 e. The van der Waals surface area contributed by atoms with E-state index >= 15 is 0 Å². The first-order chi connectivity index (χ1) is 8.00. The van der Waals surface area contributed by atoms with E-state index in [1.807, 2.05) is 0 Å². The molecule has 0 bridgehead atoms. The normalized spacial score (nSPS) is 13.8. The van der Waals surface area contributed by atoms with Gasteiger partial charge in [-0.25, -0.2) is 9.59 Å². The summed E-state index contributed by atoms with van der Waals surface area (Å²) in [7, 11) is 0. The van der Waals surface area contributed by atoms with Gasteiger partial charge in [0.15, 0.2) is 6.04 Å². The number of amides is 2. The van der Waals surface area contributed by atoms with Gasteiger partial charge in [0.2, 0.25) is 0 Å². The number of rotatable bonds is 5. The van der Waals surface area contributed by atoms with Crippen LogP contribution in [-0.2, 0) is 11.3 Å². The summed E-state index contributed by atoms with van der Waals surface area (Å²) in [5.74, 6) is -1.29. The average Bonchev–Trinajstić information content (AvgIpc) is 2.74. The van der Waals surface area contributed by atoms with E-state index in [9.17, 15) is 9.59 Å². The second-order valence-corrected chi connectivity index (χ2v) is 3.49. The van der Waals surface area contributed by atoms with Crippen LogP contribution in [-0.4, -0.2) is 44.6 Å². The number of hydrogen-bond donors (Lipinski definition) is 5. The number of carbonyl (C=O) groups excluding carboxylic acids is 1. The third-order valence-corrected chi connectivity index (χ3v) is 2.04. The zero-order chi connectivity index (χ0) is 12.8. The summed E-state index contributed by atoms with van der Waals surface area (Å²) in [6.45, 7) is 1.50. The molecule has 0 radical (unpaired) electrons. The number of nitrogens with one attached hydrogen (secondary N) is 3. The van der Waals surface area contributed by atoms with Crippen molar-refractivity contribution in [3.05, 3.63) is 18.0 Å². The van der Waals surface area contributed by atoms with E-state index in [-0.39, 0.29) is 6.54 Å². The van der Waals surface area contributed by atoms with Gasteiger partial charge in [0.25, 0.3) is 0 Å². The van der Waals surface area contributed by atoms with Gasteiger partial charge in [0, 0.05) is 18.3 Å². The van der Waals surface area contributed by atoms with Gasteiger partial charge in [-0.05, 0) is 6.92 Å². The molecule has 0 saturated heterocycles. The molecule has 0 aliphatic heterocycles. The number of carboxylic acids is 1. The minimum Gasteiger partial charge on any atom is -0.480 e. The smallest absolute Gasteiger partial charge is 0.328 e. The molecule has 5 N–H and O–H groups in total. The van der Waals surface area contributed by atoms with Gasteiger partial charge in [-0.2, -0.15) is 5.10 Å². The van der Waals surface area contributed by atoms with Gasteiger partial charge >= 0.3 is 12.0 Å². The Labute approximate surface area is 97.0 Å². The SMILES string of the molecule is C[C@@H](O)[C@H](NC(=O)NCc1cn[nH]c1)C(=O)O. The second-order valence-electron chi connectivity index (χ2n) is 3.49. The van der Waals surface area contributed by atoms with Crippen LogP contribution in [0.1, 0.15) is 12.5 Å². The number of urea groups is 1. The predicted octanol–water partition coefficient (Wildman–Crippen LogP) is -0.957. The summed E-state index contributed by atoms with van der Waals surface area (Å²) in [6.07, 6.45) is 1.96. The van der Waals surface area contributed by atoms with Crippen molar-refractivity contribution in [1.82, 2.24) is 20.8 Å². The molecule has 0 aliphatic rings. The van der Waals surface area contributed by atoms with Crippen LogP contribution < -0.4 is 10.6 Å². The number of aromatic amines is 1. The third-order valence-electron chi connectivity index (χ3n) is 2.04. The van der Waals surface area contributed by atoms with E-state index in [1.54, 1.807) is 6.20 Å². The average molecular weight is 242 g/mol. The lowest BCUT2D eigenvalue weighted by Crippen LogP contribution is -2.50. The molecule has 8 heteroatoms. The number of aliphatic hydroxyl groups is 1. The molecule has 1 aromatic rings. The summed E-state index contributed by atoms with van der Waals surface area (Å²) in [5, 5.41) is 28.7. The molecular formula is C9H14N4O4. The Balaban J connectivity index is 2.40. The second kappa shape index (κ2) is 5.85. The number of aliphatic hydroxyl groups excluding tert-OH is 1. The number of H-pyrrole nitrogens is 1. The molecule has 94 valence electrons. The van der Waals surface area contributed by atoms with Crippen molar-refractivity contribution in [3.8, 4) is 0 Å². The molecule has 0 unspecified atom stereocenters. The van der Waals surface area contributed by atoms with Crippen molar-refractivity contribution in [2.24, 2.45) is 0 Å². The van der Waals surface area contributed by atoms with Crippen molar-refractivity contribution in [2.75, 3.05) is 0 Å². The highest BCUT2D eigenvalue weighted by molar-refractivity contribution is 5.82. The van der Waals surface area contributed by atoms with Crippen LogP contribution in [0.2, 0.25) is 0 Å². The number of carboxylic acid groups (broad SMARTS) is 1. The maximum absolute atomic E-state index is 11.3. The van der Waals surface area contributed by atoms with Crippen LogP contribution in [0.25, 0.3) is 0 Å². The summed E-state index contributed by atoms with van der Waals surface area (Å²) >= 11 is 0. The third kappa shape index (κ3) is 4.11. The van der Waals surface area contributed by atoms with Crippen LogP contribution in [0, 0.1) is 0 Å². The largest absolute Gasteiger partial charge is 0.480 e. The molecule has 0 spiro atoms. The molecule has 0 saturated carbocycles. The van der Waals surface area contributed by atoms with E-state index in [0.717, 1.165) is 5.56 Å². The van der Waals surface area contributed by atoms with Crippen LogP contribution >= 0.6 is 0 Å². The van der Waals surface area contributed by atoms with Crippen LogP contribution in [0.15, 0.2) is 12.4 Å². The Morgan fingerprint density at radius 3 is 2.76 bits per heavy atom. The fourth-order valence-electron chi connectivity index (χ4n) is 1.14. The van der Waals surface area contributed by atoms with Crippen molar-refractivity contribution >= 4 is 12.0 Å². The standard InChI is InChI=1S/C9H14N4O4/c1-5(14)7(8(15)16)13-9(17)10-2-6-3-11-12-4-6/h3-5,7,14H,2H2,1H3,(H,11,12)(H,15,16)(H2,10,13,17)/t5-,7+/m1/s1. The quantitative estimate of drug-likeness (QED) is 0.454. The molecule has 2 amide bonds. The minimum atomic E-state index is -1.33. The topological polar surface area (TPSA) is 127 Å². The van der Waals surface area contributed by atoms with Gasteiger partial charge in [-0.3, -0.25) is 5.10 Å². The van der Waals surface area contributed by atoms with Gasteiger partial charge < -0.3 is 20.8 Å². The molecule has 8 nitrogen and oxygen atoms in total. The molecule has 1 heterocycles. The zero-order valence-electron chi connectivity index (χ0n) is 9.17. The van der Waals surface area contributed by atoms with Crippen molar-refractivity contribution in [2.45, 2.75) is 25.6 Å². The first-order valence-electron chi connectivity index (χ1n) is 4.93. The highest BCUT2D eigenvalue weighted by Crippen LogP contribution is 1.94. The number of aromatic nitrogens is 2. The van der Waals surface area contributed by atoms with Crippen LogP contribution in [0.3, 0.4) is 0 Å². The van der Waals surface area contributed by atoms with Crippen LogP contribution in [0.5, 0.6) is 0 Å². The van der Waals surface area contributed by atoms with Gasteiger partial charge in [-0.1, -0.05) is 0 Å². The summed E-state index contributed by atoms with van der Waals surface area (Å²) in [6, 6.07) is -2.00. The van der Waals surface area contributed by atoms with E-state index < -0.39 is 24.1 Å². The summed E-state index contributed by atoms with van der Waals surface area (Å²) in [5.41, 5.74) is 0.754. The highest BCUT2D eigenvalue weighted by atomic mass is 16.4. The molecule has 0 aromatic carbocycles. The van der Waals surface area contributed by atoms with E-state index in [1.165, 1.54) is 13.1 Å². The lowest BCUT2D eigenvalue weighted by molar-refractivity contribution is -0.141. The fraction of sp³-hybridized carbons (Fsp3) is 0.444. The van der Waals surface area contributed by atoms with Gasteiger partial charge in [0.05, 0.1) is 12.3 Å². The lowest BCUT2D eigenvalue weighted by Gasteiger charge is -2.17. The Kier molecular flexibility index (Phi) is 4.46. The van der Waals surface area contributed by atoms with Crippen molar-refractivity contribution in [3.63, 3.8) is 0 Å². The van der Waals surface area contributed by atoms with Crippen LogP contribution in [0.4, 0.5) is 4.79 Å². The van der Waals surface area contributed by atoms with Gasteiger partial charge in [-0.15, -0.1) is 0 Å². The van der Waals surface area contributed by atoms with E-state index in [0.29, 0.717) is 0 Å². The molecule has 2 atom stereocenters. The molecule has 1 rings (SSSR count). The van der Waals surface area contributed by atoms with Crippen molar-refractivity contribution in [1.29, 1.82) is 0 Å². The lowest BCUT2D eigenvalue weighted by atomic mass is 10.2. The summed E-state index contributed by atoms with van der Waals surface area (Å²) < 4.78 is 0. The monoisotopic (exact) mass is 242 g/mol. The zero-order valence-corrected chi connectivity index (χ0v) is 9.17. The maximum atomic E-state index is 11.3. The minimum absolute atomic E-state index is 0.217. The fourth-order valence-corrected chi connectivity index (χ4v) is 1.14. The Morgan fingerprint density at radius 2 is 2.29 bits per heavy atom. The Hall–Kier alpha value is -2.09. The first-order valence-corrected chi connectivity index (χ1v) is 4.93. The van der Waals surface area contributed by atoms with Crippen molar-refractivity contribution < 1.29 is 19.8 Å². The molecule has 1 aromatic heterocycles. The first kappa shape index (κ1) is 13.0. The number of hydrogen-bond acceptors (Lipinski definition) is 4. The number of nitrogens with zero attached hydrogens (tertiary/aromatic N) is 1. The predicted molar refractivity (Wildman–Crippen MR) is 57.1 cm³/mol. The summed E-state index contributed by atoms with van der Waals surface area (Å²) in [4.78, 5) is 22.0. The number of carbonyl (C=O) groups is 2.